The van der Waals surface area contributed by atoms with E-state index < -0.39 is 50.8 Å². The molecule has 2 fully saturated rings. The predicted octanol–water partition coefficient (Wildman–Crippen LogP) is 3.72. The maximum Gasteiger partial charge on any atom is 0.431 e. The van der Waals surface area contributed by atoms with Crippen molar-refractivity contribution < 1.29 is 37.7 Å². The maximum atomic E-state index is 13.1. The summed E-state index contributed by atoms with van der Waals surface area (Å²) in [5, 5.41) is 2.31. The van der Waals surface area contributed by atoms with Crippen LogP contribution >= 0.6 is 0 Å². The molecule has 4 atom stereocenters. The van der Waals surface area contributed by atoms with Crippen LogP contribution in [0.3, 0.4) is 0 Å². The van der Waals surface area contributed by atoms with Gasteiger partial charge in [-0.15, -0.1) is 0 Å². The molecule has 2 aliphatic rings. The lowest BCUT2D eigenvalue weighted by Crippen LogP contribution is -2.72. The second-order valence-corrected chi connectivity index (χ2v) is 14.7. The molecule has 2 rings (SSSR count). The molecule has 10 nitrogen and oxygen atoms in total. The van der Waals surface area contributed by atoms with Crippen molar-refractivity contribution in [2.24, 2.45) is 0 Å². The van der Waals surface area contributed by atoms with Crippen LogP contribution in [0.25, 0.3) is 0 Å². The van der Waals surface area contributed by atoms with E-state index in [1.165, 1.54) is 12.1 Å². The first-order valence-electron chi connectivity index (χ1n) is 11.1. The average molecular weight is 477 g/mol. The Kier molecular flexibility index (Phi) is 8.25. The van der Waals surface area contributed by atoms with Crippen LogP contribution in [0.4, 0.5) is 9.59 Å². The van der Waals surface area contributed by atoms with E-state index in [1.807, 2.05) is 0 Å². The van der Waals surface area contributed by atoms with Crippen LogP contribution in [0.15, 0.2) is 0 Å². The van der Waals surface area contributed by atoms with E-state index in [4.69, 9.17) is 28.1 Å². The minimum atomic E-state index is -2.18. The molecule has 186 valence electrons. The molecule has 0 radical (unpaired) electrons. The fourth-order valence-electron chi connectivity index (χ4n) is 3.60. The lowest BCUT2D eigenvalue weighted by Gasteiger charge is -2.50. The minimum Gasteiger partial charge on any atom is -0.448 e. The molecule has 0 spiro atoms. The van der Waals surface area contributed by atoms with Crippen LogP contribution in [0.2, 0.25) is 18.1 Å². The van der Waals surface area contributed by atoms with Gasteiger partial charge in [0.1, 0.15) is 18.2 Å². The lowest BCUT2D eigenvalue weighted by atomic mass is 10.0. The number of nitrogens with zero attached hydrogens (tertiary/aromatic N) is 2. The summed E-state index contributed by atoms with van der Waals surface area (Å²) in [5.41, 5.74) is 0. The van der Waals surface area contributed by atoms with E-state index in [9.17, 15) is 9.59 Å². The Hall–Kier alpha value is -1.40. The number of ether oxygens (including phenoxy) is 5. The summed E-state index contributed by atoms with van der Waals surface area (Å²) in [6, 6.07) is -0.689. The Morgan fingerprint density at radius 1 is 0.969 bits per heavy atom. The van der Waals surface area contributed by atoms with Crippen molar-refractivity contribution in [1.82, 2.24) is 10.0 Å². The molecule has 11 heteroatoms. The summed E-state index contributed by atoms with van der Waals surface area (Å²) in [5.74, 6) is -0.938. The van der Waals surface area contributed by atoms with E-state index in [-0.39, 0.29) is 24.9 Å². The van der Waals surface area contributed by atoms with Crippen LogP contribution in [-0.4, -0.2) is 87.7 Å². The molecule has 0 aromatic heterocycles. The van der Waals surface area contributed by atoms with E-state index >= 15 is 0 Å². The minimum absolute atomic E-state index is 0.0436. The SMILES string of the molecule is CCOC(=O)N1[C@H](CO[Si](C)(C)C(C)(C)C)[C@@H]2OC(C)(C)O[C@@H]2[C@@H](OC)N1C(=O)OCC. The molecule has 0 saturated carbocycles. The van der Waals surface area contributed by atoms with Gasteiger partial charge in [-0.3, -0.25) is 0 Å². The summed E-state index contributed by atoms with van der Waals surface area (Å²) in [6.07, 6.45) is -3.66. The molecule has 2 aliphatic heterocycles. The van der Waals surface area contributed by atoms with Gasteiger partial charge in [-0.2, -0.15) is 5.01 Å². The van der Waals surface area contributed by atoms with E-state index in [0.717, 1.165) is 5.01 Å². The van der Waals surface area contributed by atoms with Crippen LogP contribution in [0.5, 0.6) is 0 Å². The van der Waals surface area contributed by atoms with Gasteiger partial charge >= 0.3 is 12.2 Å². The van der Waals surface area contributed by atoms with Crippen molar-refractivity contribution in [3.63, 3.8) is 0 Å². The summed E-state index contributed by atoms with van der Waals surface area (Å²) in [4.78, 5) is 26.1. The Bertz CT molecular complexity index is 681. The first kappa shape index (κ1) is 26.8. The van der Waals surface area contributed by atoms with Gasteiger partial charge in [0.05, 0.1) is 19.8 Å². The molecule has 0 unspecified atom stereocenters. The number of fused-ring (bicyclic) bond motifs is 1. The molecule has 0 bridgehead atoms. The Labute approximate surface area is 192 Å². The highest BCUT2D eigenvalue weighted by Crippen LogP contribution is 2.42. The second kappa shape index (κ2) is 9.84. The zero-order valence-electron chi connectivity index (χ0n) is 21.1. The Morgan fingerprint density at radius 3 is 1.94 bits per heavy atom. The monoisotopic (exact) mass is 476 g/mol. The number of methoxy groups -OCH3 is 1. The van der Waals surface area contributed by atoms with Gasteiger partial charge in [0.15, 0.2) is 20.3 Å². The van der Waals surface area contributed by atoms with Crippen molar-refractivity contribution in [3.8, 4) is 0 Å². The summed E-state index contributed by atoms with van der Waals surface area (Å²) < 4.78 is 34.9. The highest BCUT2D eigenvalue weighted by atomic mass is 28.4. The fraction of sp³-hybridized carbons (Fsp3) is 0.905. The van der Waals surface area contributed by atoms with Gasteiger partial charge in [-0.25, -0.2) is 14.6 Å². The van der Waals surface area contributed by atoms with Gasteiger partial charge in [0, 0.05) is 7.11 Å². The average Bonchev–Trinajstić information content (AvgIpc) is 2.99. The van der Waals surface area contributed by atoms with Crippen LogP contribution < -0.4 is 0 Å². The quantitative estimate of drug-likeness (QED) is 0.535. The van der Waals surface area contributed by atoms with Crippen LogP contribution in [0, 0.1) is 0 Å². The first-order chi connectivity index (χ1) is 14.7. The third-order valence-corrected chi connectivity index (χ3v) is 10.7. The molecule has 0 N–H and O–H groups in total. The maximum absolute atomic E-state index is 13.1. The van der Waals surface area contributed by atoms with Gasteiger partial charge in [0.2, 0.25) is 0 Å². The lowest BCUT2D eigenvalue weighted by molar-refractivity contribution is -0.225. The number of hydrazine groups is 1. The molecule has 0 aliphatic carbocycles. The van der Waals surface area contributed by atoms with Gasteiger partial charge in [0.25, 0.3) is 0 Å². The fourth-order valence-corrected chi connectivity index (χ4v) is 4.62. The van der Waals surface area contributed by atoms with Crippen molar-refractivity contribution in [2.45, 2.75) is 96.9 Å². The topological polar surface area (TPSA) is 96.0 Å². The molecule has 2 heterocycles. The van der Waals surface area contributed by atoms with Crippen molar-refractivity contribution in [3.05, 3.63) is 0 Å². The van der Waals surface area contributed by atoms with Crippen LogP contribution in [0.1, 0.15) is 48.5 Å². The molecule has 32 heavy (non-hydrogen) atoms. The highest BCUT2D eigenvalue weighted by Gasteiger charge is 2.60. The standard InChI is InChI=1S/C21H40N2O8Si/c1-11-27-18(24)22-14(13-29-32(9,10)20(3,4)5)15-16(31-21(6,7)30-15)17(26-8)23(22)19(25)28-12-2/h14-17H,11-13H2,1-10H3/t14-,15+,16+,17-/m1/s1. The highest BCUT2D eigenvalue weighted by molar-refractivity contribution is 6.74. The molecule has 2 saturated heterocycles. The van der Waals surface area contributed by atoms with E-state index in [2.05, 4.69) is 33.9 Å². The van der Waals surface area contributed by atoms with E-state index in [1.54, 1.807) is 27.7 Å². The molecule has 0 aromatic carbocycles. The zero-order valence-corrected chi connectivity index (χ0v) is 22.1. The Balaban J connectivity index is 2.53. The smallest absolute Gasteiger partial charge is 0.431 e. The predicted molar refractivity (Wildman–Crippen MR) is 119 cm³/mol. The third kappa shape index (κ3) is 5.38. The number of hydrogen-bond donors (Lipinski definition) is 0. The molecular formula is C21H40N2O8Si. The summed E-state index contributed by atoms with van der Waals surface area (Å²) in [6.45, 7) is 18.0. The summed E-state index contributed by atoms with van der Waals surface area (Å²) >= 11 is 0. The first-order valence-corrected chi connectivity index (χ1v) is 14.1. The Morgan fingerprint density at radius 2 is 1.47 bits per heavy atom. The number of hydrogen-bond acceptors (Lipinski definition) is 8. The van der Waals surface area contributed by atoms with E-state index in [0.29, 0.717) is 0 Å². The van der Waals surface area contributed by atoms with Gasteiger partial charge in [-0.05, 0) is 45.8 Å². The van der Waals surface area contributed by atoms with Crippen LogP contribution in [-0.2, 0) is 28.1 Å². The van der Waals surface area contributed by atoms with Crippen molar-refractivity contribution in [1.29, 1.82) is 0 Å². The zero-order chi connectivity index (χ0) is 24.5. The molecular weight excluding hydrogens is 436 g/mol. The third-order valence-electron chi connectivity index (χ3n) is 6.18. The number of amides is 2. The number of carbonyl (C=O) groups is 2. The number of rotatable bonds is 6. The van der Waals surface area contributed by atoms with Gasteiger partial charge in [-0.1, -0.05) is 20.8 Å². The second-order valence-electron chi connectivity index (χ2n) is 9.92. The summed E-state index contributed by atoms with van der Waals surface area (Å²) in [7, 11) is -0.739. The largest absolute Gasteiger partial charge is 0.448 e. The number of carbonyl (C=O) groups excluding carboxylic acids is 2. The normalized spacial score (nSPS) is 27.8. The van der Waals surface area contributed by atoms with Gasteiger partial charge < -0.3 is 28.1 Å². The van der Waals surface area contributed by atoms with Crippen molar-refractivity contribution >= 4 is 20.5 Å². The molecule has 0 aromatic rings. The molecule has 2 amide bonds. The van der Waals surface area contributed by atoms with Crippen molar-refractivity contribution in [2.75, 3.05) is 26.9 Å².